The fraction of sp³-hybridized carbons (Fsp3) is 0.286. The van der Waals surface area contributed by atoms with Crippen molar-refractivity contribution < 1.29 is 13.9 Å². The summed E-state index contributed by atoms with van der Waals surface area (Å²) in [6.45, 7) is 2.09. The largest absolute Gasteiger partial charge is 0.461 e. The van der Waals surface area contributed by atoms with E-state index in [1.807, 2.05) is 4.57 Å². The van der Waals surface area contributed by atoms with Gasteiger partial charge in [0.25, 0.3) is 0 Å². The molecule has 0 bridgehead atoms. The molecule has 0 aliphatic carbocycles. The molecule has 0 N–H and O–H groups in total. The van der Waals surface area contributed by atoms with Crippen molar-refractivity contribution in [3.8, 4) is 5.69 Å². The van der Waals surface area contributed by atoms with Crippen molar-refractivity contribution in [2.45, 2.75) is 19.8 Å². The Hall–Kier alpha value is -2.17. The van der Waals surface area contributed by atoms with Crippen LogP contribution in [0.4, 0.5) is 4.39 Å². The summed E-state index contributed by atoms with van der Waals surface area (Å²) in [6.07, 6.45) is 2.95. The fourth-order valence-corrected chi connectivity index (χ4v) is 2.43. The van der Waals surface area contributed by atoms with E-state index in [1.165, 1.54) is 12.1 Å². The van der Waals surface area contributed by atoms with Gasteiger partial charge in [-0.05, 0) is 43.5 Å². The van der Waals surface area contributed by atoms with Crippen LogP contribution < -0.4 is 0 Å². The Morgan fingerprint density at radius 1 is 1.47 bits per heavy atom. The molecular weight excluding hydrogens is 247 g/mol. The standard InChI is InChI=1S/C14H13FN2O2/c1-2-19-14(18)13-12-5-3-9-7-10(15)4-6-11(9)17(12)8-16-13/h4,6-8H,2-3,5H2,1H3. The maximum atomic E-state index is 13.2. The number of imidazole rings is 1. The van der Waals surface area contributed by atoms with Gasteiger partial charge in [-0.25, -0.2) is 14.2 Å². The van der Waals surface area contributed by atoms with Crippen LogP contribution in [0.15, 0.2) is 24.5 Å². The molecule has 0 radical (unpaired) electrons. The zero-order chi connectivity index (χ0) is 13.4. The first-order valence-electron chi connectivity index (χ1n) is 6.23. The highest BCUT2D eigenvalue weighted by Crippen LogP contribution is 2.27. The van der Waals surface area contributed by atoms with Crippen LogP contribution in [-0.2, 0) is 17.6 Å². The predicted octanol–water partition coefficient (Wildman–Crippen LogP) is 2.29. The van der Waals surface area contributed by atoms with Gasteiger partial charge >= 0.3 is 5.97 Å². The molecule has 98 valence electrons. The Labute approximate surface area is 109 Å². The van der Waals surface area contributed by atoms with Gasteiger partial charge in [-0.3, -0.25) is 0 Å². The lowest BCUT2D eigenvalue weighted by Crippen LogP contribution is -2.15. The van der Waals surface area contributed by atoms with Crippen LogP contribution in [0.1, 0.15) is 28.7 Å². The number of benzene rings is 1. The second kappa shape index (κ2) is 4.50. The SMILES string of the molecule is CCOC(=O)c1ncn2c1CCc1cc(F)ccc1-2. The van der Waals surface area contributed by atoms with Crippen LogP contribution in [0.5, 0.6) is 0 Å². The highest BCUT2D eigenvalue weighted by molar-refractivity contribution is 5.89. The Balaban J connectivity index is 2.07. The average Bonchev–Trinajstić information content (AvgIpc) is 2.82. The molecule has 1 aliphatic rings. The second-order valence-corrected chi connectivity index (χ2v) is 4.40. The van der Waals surface area contributed by atoms with Crippen molar-refractivity contribution in [3.63, 3.8) is 0 Å². The van der Waals surface area contributed by atoms with Gasteiger partial charge in [-0.15, -0.1) is 0 Å². The molecule has 0 unspecified atom stereocenters. The zero-order valence-electron chi connectivity index (χ0n) is 10.5. The van der Waals surface area contributed by atoms with E-state index in [4.69, 9.17) is 4.74 Å². The van der Waals surface area contributed by atoms with E-state index in [0.29, 0.717) is 25.1 Å². The molecule has 1 aromatic heterocycles. The number of carbonyl (C=O) groups excluding carboxylic acids is 1. The van der Waals surface area contributed by atoms with Crippen LogP contribution in [0.3, 0.4) is 0 Å². The van der Waals surface area contributed by atoms with Gasteiger partial charge < -0.3 is 9.30 Å². The number of ether oxygens (including phenoxy) is 1. The third-order valence-electron chi connectivity index (χ3n) is 3.27. The monoisotopic (exact) mass is 260 g/mol. The average molecular weight is 260 g/mol. The topological polar surface area (TPSA) is 44.1 Å². The van der Waals surface area contributed by atoms with Gasteiger partial charge in [0.05, 0.1) is 18.0 Å². The highest BCUT2D eigenvalue weighted by atomic mass is 19.1. The number of halogens is 1. The van der Waals surface area contributed by atoms with E-state index >= 15 is 0 Å². The van der Waals surface area contributed by atoms with Gasteiger partial charge in [0.2, 0.25) is 0 Å². The van der Waals surface area contributed by atoms with Crippen LogP contribution >= 0.6 is 0 Å². The third-order valence-corrected chi connectivity index (χ3v) is 3.27. The number of fused-ring (bicyclic) bond motifs is 3. The second-order valence-electron chi connectivity index (χ2n) is 4.40. The number of aromatic nitrogens is 2. The van der Waals surface area contributed by atoms with Gasteiger partial charge in [-0.2, -0.15) is 0 Å². The van der Waals surface area contributed by atoms with Crippen molar-refractivity contribution >= 4 is 5.97 Å². The minimum Gasteiger partial charge on any atom is -0.461 e. The van der Waals surface area contributed by atoms with Crippen LogP contribution in [0, 0.1) is 5.82 Å². The first-order valence-corrected chi connectivity index (χ1v) is 6.23. The summed E-state index contributed by atoms with van der Waals surface area (Å²) in [7, 11) is 0. The van der Waals surface area contributed by atoms with Gasteiger partial charge in [0.15, 0.2) is 5.69 Å². The fourth-order valence-electron chi connectivity index (χ4n) is 2.43. The van der Waals surface area contributed by atoms with E-state index in [1.54, 1.807) is 19.3 Å². The molecule has 2 heterocycles. The smallest absolute Gasteiger partial charge is 0.358 e. The summed E-state index contributed by atoms with van der Waals surface area (Å²) in [5, 5.41) is 0. The normalized spacial score (nSPS) is 12.7. The van der Waals surface area contributed by atoms with Crippen LogP contribution in [0.25, 0.3) is 5.69 Å². The van der Waals surface area contributed by atoms with E-state index in [9.17, 15) is 9.18 Å². The molecule has 1 aliphatic heterocycles. The van der Waals surface area contributed by atoms with E-state index in [-0.39, 0.29) is 5.82 Å². The van der Waals surface area contributed by atoms with Gasteiger partial charge in [0, 0.05) is 0 Å². The quantitative estimate of drug-likeness (QED) is 0.778. The van der Waals surface area contributed by atoms with E-state index < -0.39 is 5.97 Å². The van der Waals surface area contributed by atoms with Crippen molar-refractivity contribution in [3.05, 3.63) is 47.3 Å². The number of rotatable bonds is 2. The van der Waals surface area contributed by atoms with Crippen LogP contribution in [0.2, 0.25) is 0 Å². The van der Waals surface area contributed by atoms with Crippen LogP contribution in [-0.4, -0.2) is 22.1 Å². The molecule has 1 aromatic carbocycles. The molecule has 0 atom stereocenters. The molecule has 5 heteroatoms. The number of aryl methyl sites for hydroxylation is 1. The lowest BCUT2D eigenvalue weighted by atomic mass is 10.0. The molecule has 4 nitrogen and oxygen atoms in total. The lowest BCUT2D eigenvalue weighted by Gasteiger charge is -2.19. The van der Waals surface area contributed by atoms with E-state index in [2.05, 4.69) is 4.98 Å². The van der Waals surface area contributed by atoms with Gasteiger partial charge in [0.1, 0.15) is 12.1 Å². The summed E-state index contributed by atoms with van der Waals surface area (Å²) in [6, 6.07) is 4.66. The summed E-state index contributed by atoms with van der Waals surface area (Å²) in [4.78, 5) is 15.9. The van der Waals surface area contributed by atoms with Crippen molar-refractivity contribution in [2.75, 3.05) is 6.61 Å². The lowest BCUT2D eigenvalue weighted by molar-refractivity contribution is 0.0518. The summed E-state index contributed by atoms with van der Waals surface area (Å²) in [5.74, 6) is -0.644. The number of nitrogens with zero attached hydrogens (tertiary/aromatic N) is 2. The molecule has 19 heavy (non-hydrogen) atoms. The molecule has 0 spiro atoms. The highest BCUT2D eigenvalue weighted by Gasteiger charge is 2.24. The zero-order valence-corrected chi connectivity index (χ0v) is 10.5. The summed E-state index contributed by atoms with van der Waals surface area (Å²) >= 11 is 0. The number of hydrogen-bond donors (Lipinski definition) is 0. The number of hydrogen-bond acceptors (Lipinski definition) is 3. The van der Waals surface area contributed by atoms with Crippen molar-refractivity contribution in [1.29, 1.82) is 0 Å². The van der Waals surface area contributed by atoms with E-state index in [0.717, 1.165) is 16.9 Å². The molecule has 0 saturated heterocycles. The molecule has 3 rings (SSSR count). The summed E-state index contributed by atoms with van der Waals surface area (Å²) < 4.78 is 20.0. The van der Waals surface area contributed by atoms with Gasteiger partial charge in [-0.1, -0.05) is 0 Å². The molecule has 0 saturated carbocycles. The molecule has 0 fully saturated rings. The maximum Gasteiger partial charge on any atom is 0.358 e. The minimum absolute atomic E-state index is 0.243. The molecule has 0 amide bonds. The molecular formula is C14H13FN2O2. The number of carbonyl (C=O) groups is 1. The van der Waals surface area contributed by atoms with Crippen molar-refractivity contribution in [2.24, 2.45) is 0 Å². The Morgan fingerprint density at radius 2 is 2.32 bits per heavy atom. The Kier molecular flexibility index (Phi) is 2.81. The third kappa shape index (κ3) is 1.91. The predicted molar refractivity (Wildman–Crippen MR) is 66.9 cm³/mol. The van der Waals surface area contributed by atoms with Crippen molar-refractivity contribution in [1.82, 2.24) is 9.55 Å². The first-order chi connectivity index (χ1) is 9.20. The molecule has 2 aromatic rings. The Bertz CT molecular complexity index is 649. The first kappa shape index (κ1) is 11.9. The minimum atomic E-state index is -0.401. The number of esters is 1. The maximum absolute atomic E-state index is 13.2. The Morgan fingerprint density at radius 3 is 3.11 bits per heavy atom. The summed E-state index contributed by atoms with van der Waals surface area (Å²) in [5.41, 5.74) is 3.00.